The van der Waals surface area contributed by atoms with Gasteiger partial charge in [0.2, 0.25) is 6.19 Å². The predicted octanol–water partition coefficient (Wildman–Crippen LogP) is 8.48. The van der Waals surface area contributed by atoms with Gasteiger partial charge in [-0.15, -0.1) is 0 Å². The summed E-state index contributed by atoms with van der Waals surface area (Å²) in [5.74, 6) is -1.19. The summed E-state index contributed by atoms with van der Waals surface area (Å²) in [7, 11) is 0. The van der Waals surface area contributed by atoms with Crippen LogP contribution in [0.5, 0.6) is 0 Å². The first kappa shape index (κ1) is 25.4. The highest BCUT2D eigenvalue weighted by Crippen LogP contribution is 2.61. The Labute approximate surface area is 223 Å². The third kappa shape index (κ3) is 3.77. The molecule has 0 saturated heterocycles. The van der Waals surface area contributed by atoms with Gasteiger partial charge < -0.3 is 0 Å². The third-order valence-electron chi connectivity index (χ3n) is 7.55. The predicted molar refractivity (Wildman–Crippen MR) is 137 cm³/mol. The minimum atomic E-state index is -4.55. The molecule has 0 fully saturated rings. The summed E-state index contributed by atoms with van der Waals surface area (Å²) in [6.45, 7) is 0. The lowest BCUT2D eigenvalue weighted by Crippen LogP contribution is -2.15. The van der Waals surface area contributed by atoms with E-state index in [-0.39, 0.29) is 5.71 Å². The number of allylic oxidation sites excluding steroid dienone is 2. The molecule has 0 aliphatic heterocycles. The topological polar surface area (TPSA) is 59.9 Å². The van der Waals surface area contributed by atoms with Crippen molar-refractivity contribution in [3.63, 3.8) is 0 Å². The summed E-state index contributed by atoms with van der Waals surface area (Å²) in [5.41, 5.74) is 2.58. The fraction of sp³-hybridized carbons (Fsp3) is 0.129. The van der Waals surface area contributed by atoms with Crippen LogP contribution in [0.3, 0.4) is 0 Å². The van der Waals surface area contributed by atoms with Crippen LogP contribution in [-0.2, 0) is 12.4 Å². The first-order chi connectivity index (χ1) is 19.0. The number of aliphatic imine (C=N–C) groups is 1. The number of rotatable bonds is 2. The molecule has 40 heavy (non-hydrogen) atoms. The van der Waals surface area contributed by atoms with Crippen molar-refractivity contribution < 1.29 is 26.3 Å². The van der Waals surface area contributed by atoms with E-state index in [4.69, 9.17) is 0 Å². The fourth-order valence-corrected chi connectivity index (χ4v) is 5.96. The smallest absolute Gasteiger partial charge is 0.192 e. The van der Waals surface area contributed by atoms with Crippen LogP contribution in [0, 0.1) is 22.8 Å². The van der Waals surface area contributed by atoms with Gasteiger partial charge in [0.05, 0.1) is 28.5 Å². The Balaban J connectivity index is 1.65. The van der Waals surface area contributed by atoms with Gasteiger partial charge in [-0.2, -0.15) is 41.9 Å². The quantitative estimate of drug-likeness (QED) is 0.188. The van der Waals surface area contributed by atoms with E-state index in [1.807, 2.05) is 6.07 Å². The number of halogens is 6. The second-order valence-electron chi connectivity index (χ2n) is 9.58. The third-order valence-corrected chi connectivity index (χ3v) is 7.55. The summed E-state index contributed by atoms with van der Waals surface area (Å²) in [4.78, 5) is 4.10. The van der Waals surface area contributed by atoms with Gasteiger partial charge in [0.25, 0.3) is 0 Å². The molecule has 3 nitrogen and oxygen atoms in total. The fourth-order valence-electron chi connectivity index (χ4n) is 5.96. The van der Waals surface area contributed by atoms with Crippen molar-refractivity contribution in [2.24, 2.45) is 4.99 Å². The second kappa shape index (κ2) is 8.82. The van der Waals surface area contributed by atoms with E-state index in [2.05, 4.69) is 11.1 Å². The number of fused-ring (bicyclic) bond motifs is 3. The van der Waals surface area contributed by atoms with E-state index in [9.17, 15) is 36.9 Å². The van der Waals surface area contributed by atoms with E-state index < -0.39 is 35.3 Å². The van der Waals surface area contributed by atoms with Gasteiger partial charge in [-0.05, 0) is 63.5 Å². The monoisotopic (exact) mass is 543 g/mol. The van der Waals surface area contributed by atoms with Crippen LogP contribution in [0.25, 0.3) is 21.9 Å². The molecule has 0 saturated carbocycles. The molecule has 4 aromatic rings. The molecule has 0 N–H and O–H groups in total. The second-order valence-corrected chi connectivity index (χ2v) is 9.58. The normalized spacial score (nSPS) is 19.1. The molecule has 0 spiro atoms. The van der Waals surface area contributed by atoms with Crippen LogP contribution in [0.1, 0.15) is 50.8 Å². The van der Waals surface area contributed by atoms with Gasteiger partial charge in [0.15, 0.2) is 0 Å². The number of hydrogen-bond acceptors (Lipinski definition) is 3. The van der Waals surface area contributed by atoms with Crippen LogP contribution in [0.4, 0.5) is 26.3 Å². The molecule has 0 aromatic heterocycles. The summed E-state index contributed by atoms with van der Waals surface area (Å²) in [6.07, 6.45) is -7.31. The zero-order chi connectivity index (χ0) is 28.4. The number of nitrogens with zero attached hydrogens (tertiary/aromatic N) is 3. The van der Waals surface area contributed by atoms with Crippen LogP contribution in [0.15, 0.2) is 83.9 Å². The molecule has 0 heterocycles. The van der Waals surface area contributed by atoms with Crippen molar-refractivity contribution in [3.8, 4) is 12.3 Å². The highest BCUT2D eigenvalue weighted by Gasteiger charge is 2.47. The molecule has 2 atom stereocenters. The van der Waals surface area contributed by atoms with Crippen molar-refractivity contribution in [2.45, 2.75) is 24.2 Å². The highest BCUT2D eigenvalue weighted by molar-refractivity contribution is 6.39. The Hall–Kier alpha value is -4.89. The summed E-state index contributed by atoms with van der Waals surface area (Å²) in [5, 5.41) is 20.8. The van der Waals surface area contributed by atoms with Gasteiger partial charge in [-0.3, -0.25) is 0 Å². The number of nitriles is 2. The average Bonchev–Trinajstić information content (AvgIpc) is 3.42. The Morgan fingerprint density at radius 3 is 1.90 bits per heavy atom. The first-order valence-corrected chi connectivity index (χ1v) is 12.1. The Kier molecular flexibility index (Phi) is 5.60. The van der Waals surface area contributed by atoms with E-state index in [1.54, 1.807) is 30.5 Å². The molecule has 2 aliphatic carbocycles. The van der Waals surface area contributed by atoms with Gasteiger partial charge in [-0.25, -0.2) is 0 Å². The Bertz CT molecular complexity index is 1830. The maximum Gasteiger partial charge on any atom is 0.416 e. The standard InChI is InChI=1S/C31H15F6N3/c32-30(33,34)19-9-4-16(5-10-19)24-27-22-3-1-2-21-18(14-38)8-13-23(26(21)22)28(27)25(29(24)40-15-39)17-6-11-20(12-7-17)31(35,36)37/h1-13,25,28H. The van der Waals surface area contributed by atoms with Crippen LogP contribution >= 0.6 is 0 Å². The van der Waals surface area contributed by atoms with Crippen molar-refractivity contribution in [2.75, 3.05) is 0 Å². The van der Waals surface area contributed by atoms with Crippen LogP contribution < -0.4 is 0 Å². The molecular formula is C31H15F6N3. The molecule has 6 rings (SSSR count). The lowest BCUT2D eigenvalue weighted by Gasteiger charge is -2.21. The van der Waals surface area contributed by atoms with Crippen LogP contribution in [-0.4, -0.2) is 5.71 Å². The summed E-state index contributed by atoms with van der Waals surface area (Å²) < 4.78 is 80.0. The molecule has 0 amide bonds. The maximum absolute atomic E-state index is 13.3. The average molecular weight is 543 g/mol. The van der Waals surface area contributed by atoms with Crippen LogP contribution in [0.2, 0.25) is 0 Å². The minimum absolute atomic E-state index is 0.258. The van der Waals surface area contributed by atoms with Gasteiger partial charge >= 0.3 is 12.4 Å². The molecule has 0 bridgehead atoms. The van der Waals surface area contributed by atoms with Gasteiger partial charge in [0.1, 0.15) is 0 Å². The molecule has 2 aliphatic rings. The number of hydrogen-bond donors (Lipinski definition) is 0. The van der Waals surface area contributed by atoms with E-state index in [1.165, 1.54) is 24.3 Å². The van der Waals surface area contributed by atoms with Gasteiger partial charge in [0, 0.05) is 22.8 Å². The van der Waals surface area contributed by atoms with E-state index >= 15 is 0 Å². The summed E-state index contributed by atoms with van der Waals surface area (Å²) >= 11 is 0. The minimum Gasteiger partial charge on any atom is -0.192 e. The molecule has 9 heteroatoms. The molecular weight excluding hydrogens is 528 g/mol. The lowest BCUT2D eigenvalue weighted by atomic mass is 9.81. The largest absolute Gasteiger partial charge is 0.416 e. The maximum atomic E-state index is 13.3. The molecule has 196 valence electrons. The zero-order valence-electron chi connectivity index (χ0n) is 20.3. The molecule has 4 aromatic carbocycles. The van der Waals surface area contributed by atoms with E-state index in [0.717, 1.165) is 40.8 Å². The van der Waals surface area contributed by atoms with E-state index in [0.29, 0.717) is 33.2 Å². The lowest BCUT2D eigenvalue weighted by molar-refractivity contribution is -0.138. The van der Waals surface area contributed by atoms with Crippen molar-refractivity contribution >= 4 is 27.6 Å². The van der Waals surface area contributed by atoms with Crippen molar-refractivity contribution in [1.82, 2.24) is 0 Å². The highest BCUT2D eigenvalue weighted by atomic mass is 19.4. The van der Waals surface area contributed by atoms with Gasteiger partial charge in [-0.1, -0.05) is 48.5 Å². The molecule has 0 radical (unpaired) electrons. The zero-order valence-corrected chi connectivity index (χ0v) is 20.3. The Morgan fingerprint density at radius 1 is 0.700 bits per heavy atom. The van der Waals surface area contributed by atoms with Crippen molar-refractivity contribution in [1.29, 1.82) is 10.5 Å². The Morgan fingerprint density at radius 2 is 1.32 bits per heavy atom. The number of benzene rings is 4. The summed E-state index contributed by atoms with van der Waals surface area (Å²) in [6, 6.07) is 20.2. The van der Waals surface area contributed by atoms with Crippen molar-refractivity contribution in [3.05, 3.63) is 118 Å². The SMILES string of the molecule is N#CN=C1C(c2ccc(C(F)(F)F)cc2)=C2c3cccc4c(C#N)ccc(c34)C2C1c1ccc(C(F)(F)F)cc1. The number of alkyl halides is 6. The first-order valence-electron chi connectivity index (χ1n) is 12.1. The molecule has 2 unspecified atom stereocenters.